The first-order chi connectivity index (χ1) is 13.3. The molecule has 0 saturated heterocycles. The van der Waals surface area contributed by atoms with Crippen LogP contribution in [0.2, 0.25) is 0 Å². The highest BCUT2D eigenvalue weighted by molar-refractivity contribution is 7.91. The number of hydrogen-bond donors (Lipinski definition) is 2. The molecule has 3 aromatic rings. The molecule has 0 aliphatic rings. The third-order valence-electron chi connectivity index (χ3n) is 3.75. The first-order valence-electron chi connectivity index (χ1n) is 7.96. The summed E-state index contributed by atoms with van der Waals surface area (Å²) < 4.78 is 54.2. The molecule has 146 valence electrons. The van der Waals surface area contributed by atoms with Gasteiger partial charge in [-0.3, -0.25) is 0 Å². The second-order valence-corrected chi connectivity index (χ2v) is 7.53. The van der Waals surface area contributed by atoms with E-state index in [-0.39, 0.29) is 34.3 Å². The molecule has 1 amide bonds. The van der Waals surface area contributed by atoms with E-state index in [1.165, 1.54) is 24.4 Å². The van der Waals surface area contributed by atoms with Gasteiger partial charge in [-0.05, 0) is 42.5 Å². The normalized spacial score (nSPS) is 11.4. The molecule has 28 heavy (non-hydrogen) atoms. The fraction of sp³-hybridized carbons (Fsp3) is 0.118. The zero-order valence-electron chi connectivity index (χ0n) is 14.2. The van der Waals surface area contributed by atoms with Gasteiger partial charge in [-0.2, -0.15) is 9.49 Å². The van der Waals surface area contributed by atoms with Crippen LogP contribution in [0, 0.1) is 11.8 Å². The van der Waals surface area contributed by atoms with Crippen LogP contribution >= 0.6 is 0 Å². The molecule has 0 saturated carbocycles. The first-order valence-corrected chi connectivity index (χ1v) is 9.44. The van der Waals surface area contributed by atoms with Crippen molar-refractivity contribution in [2.75, 3.05) is 6.54 Å². The molecule has 0 aliphatic carbocycles. The summed E-state index contributed by atoms with van der Waals surface area (Å²) in [6.45, 7) is -0.0160. The Hall–Kier alpha value is -3.34. The molecule has 0 fully saturated rings. The molecule has 1 aromatic carbocycles. The summed E-state index contributed by atoms with van der Waals surface area (Å²) in [4.78, 5) is 13.9. The summed E-state index contributed by atoms with van der Waals surface area (Å²) in [5.74, 6) is -1.54. The van der Waals surface area contributed by atoms with E-state index in [4.69, 9.17) is 5.11 Å². The van der Waals surface area contributed by atoms with Crippen LogP contribution in [0.4, 0.5) is 13.6 Å². The van der Waals surface area contributed by atoms with E-state index in [9.17, 15) is 22.0 Å². The van der Waals surface area contributed by atoms with Gasteiger partial charge < -0.3 is 10.4 Å². The number of benzene rings is 1. The monoisotopic (exact) mass is 408 g/mol. The number of nitrogens with one attached hydrogen (secondary N) is 1. The minimum Gasteiger partial charge on any atom is -0.465 e. The molecule has 0 bridgehead atoms. The molecule has 2 heterocycles. The van der Waals surface area contributed by atoms with Crippen molar-refractivity contribution in [3.05, 3.63) is 66.1 Å². The number of nitrogens with zero attached hydrogens (tertiary/aromatic N) is 3. The van der Waals surface area contributed by atoms with Gasteiger partial charge >= 0.3 is 6.09 Å². The number of sulfone groups is 1. The average Bonchev–Trinajstić information content (AvgIpc) is 3.07. The Morgan fingerprint density at radius 2 is 1.89 bits per heavy atom. The van der Waals surface area contributed by atoms with Crippen LogP contribution in [-0.2, 0) is 16.3 Å². The van der Waals surface area contributed by atoms with E-state index in [1.54, 1.807) is 0 Å². The zero-order valence-corrected chi connectivity index (χ0v) is 15.0. The molecular weight excluding hydrogens is 394 g/mol. The van der Waals surface area contributed by atoms with E-state index >= 15 is 0 Å². The summed E-state index contributed by atoms with van der Waals surface area (Å²) in [5.41, 5.74) is 0.0262. The van der Waals surface area contributed by atoms with Crippen LogP contribution in [0.25, 0.3) is 5.69 Å². The summed E-state index contributed by atoms with van der Waals surface area (Å²) in [6, 6.07) is 8.11. The largest absolute Gasteiger partial charge is 0.465 e. The molecule has 8 nitrogen and oxygen atoms in total. The van der Waals surface area contributed by atoms with Crippen LogP contribution in [0.3, 0.4) is 0 Å². The summed E-state index contributed by atoms with van der Waals surface area (Å²) in [7, 11) is -4.17. The van der Waals surface area contributed by atoms with Crippen molar-refractivity contribution in [1.29, 1.82) is 0 Å². The number of pyridine rings is 1. The van der Waals surface area contributed by atoms with Crippen molar-refractivity contribution in [1.82, 2.24) is 20.1 Å². The smallest absolute Gasteiger partial charge is 0.404 e. The van der Waals surface area contributed by atoms with Gasteiger partial charge in [0.2, 0.25) is 15.8 Å². The highest BCUT2D eigenvalue weighted by Gasteiger charge is 2.26. The van der Waals surface area contributed by atoms with Gasteiger partial charge in [0.05, 0.1) is 10.6 Å². The van der Waals surface area contributed by atoms with Crippen molar-refractivity contribution in [2.45, 2.75) is 16.3 Å². The van der Waals surface area contributed by atoms with E-state index in [2.05, 4.69) is 15.4 Å². The minimum absolute atomic E-state index is 0.0160. The van der Waals surface area contributed by atoms with Crippen LogP contribution in [0.1, 0.15) is 5.69 Å². The molecule has 11 heteroatoms. The van der Waals surface area contributed by atoms with E-state index < -0.39 is 27.7 Å². The SMILES string of the molecule is O=C(O)NCCc1cc(S(=O)(=O)c2ccc(F)cc2)n(-c2cccnc2F)n1. The topological polar surface area (TPSA) is 114 Å². The third-order valence-corrected chi connectivity index (χ3v) is 5.49. The quantitative estimate of drug-likeness (QED) is 0.477. The Kier molecular flexibility index (Phi) is 5.36. The maximum absolute atomic E-state index is 14.2. The number of carboxylic acid groups (broad SMARTS) is 1. The lowest BCUT2D eigenvalue weighted by molar-refractivity contribution is 0.194. The fourth-order valence-corrected chi connectivity index (χ4v) is 3.86. The lowest BCUT2D eigenvalue weighted by atomic mass is 10.3. The minimum atomic E-state index is -4.17. The van der Waals surface area contributed by atoms with E-state index in [1.807, 2.05) is 0 Å². The summed E-state index contributed by atoms with van der Waals surface area (Å²) in [6.07, 6.45) is 0.0401. The molecule has 3 rings (SSSR count). The average molecular weight is 408 g/mol. The molecule has 0 atom stereocenters. The van der Waals surface area contributed by atoms with Crippen molar-refractivity contribution in [2.24, 2.45) is 0 Å². The summed E-state index contributed by atoms with van der Waals surface area (Å²) >= 11 is 0. The standard InChI is InChI=1S/C17H14F2N4O4S/c18-11-3-5-13(6-4-11)28(26,27)15-10-12(7-9-21-17(24)25)22-23(15)14-2-1-8-20-16(14)19/h1-6,8,10,21H,7,9H2,(H,24,25). The Labute approximate surface area is 158 Å². The Morgan fingerprint density at radius 1 is 1.18 bits per heavy atom. The predicted octanol–water partition coefficient (Wildman–Crippen LogP) is 2.19. The molecule has 0 unspecified atom stereocenters. The summed E-state index contributed by atoms with van der Waals surface area (Å²) in [5, 5.41) is 14.5. The molecule has 0 radical (unpaired) electrons. The van der Waals surface area contributed by atoms with Gasteiger partial charge in [0, 0.05) is 19.2 Å². The lowest BCUT2D eigenvalue weighted by Gasteiger charge is -2.08. The number of aromatic nitrogens is 3. The van der Waals surface area contributed by atoms with Crippen molar-refractivity contribution in [3.63, 3.8) is 0 Å². The van der Waals surface area contributed by atoms with Crippen molar-refractivity contribution in [3.8, 4) is 5.69 Å². The van der Waals surface area contributed by atoms with Crippen LogP contribution in [-0.4, -0.2) is 40.9 Å². The second kappa shape index (κ2) is 7.72. The van der Waals surface area contributed by atoms with E-state index in [0.717, 1.165) is 28.9 Å². The maximum atomic E-state index is 14.2. The molecule has 0 aliphatic heterocycles. The van der Waals surface area contributed by atoms with Gasteiger partial charge in [0.15, 0.2) is 5.03 Å². The van der Waals surface area contributed by atoms with Crippen molar-refractivity contribution < 1.29 is 27.1 Å². The highest BCUT2D eigenvalue weighted by atomic mass is 32.2. The Morgan fingerprint density at radius 3 is 2.54 bits per heavy atom. The number of rotatable bonds is 6. The van der Waals surface area contributed by atoms with E-state index in [0.29, 0.717) is 0 Å². The zero-order chi connectivity index (χ0) is 20.3. The lowest BCUT2D eigenvalue weighted by Crippen LogP contribution is -2.23. The van der Waals surface area contributed by atoms with Gasteiger partial charge in [-0.25, -0.2) is 27.3 Å². The van der Waals surface area contributed by atoms with Crippen molar-refractivity contribution >= 4 is 15.9 Å². The molecular formula is C17H14F2N4O4S. The molecule has 0 spiro atoms. The van der Waals surface area contributed by atoms with Crippen LogP contribution < -0.4 is 5.32 Å². The third kappa shape index (κ3) is 3.98. The number of halogens is 2. The molecule has 2 aromatic heterocycles. The Balaban J connectivity index is 2.10. The number of carbonyl (C=O) groups is 1. The second-order valence-electron chi connectivity index (χ2n) is 5.64. The maximum Gasteiger partial charge on any atom is 0.404 e. The first kappa shape index (κ1) is 19.4. The Bertz CT molecular complexity index is 1110. The number of hydrogen-bond acceptors (Lipinski definition) is 5. The number of amides is 1. The van der Waals surface area contributed by atoms with Crippen LogP contribution in [0.5, 0.6) is 0 Å². The van der Waals surface area contributed by atoms with Gasteiger partial charge in [0.1, 0.15) is 11.5 Å². The fourth-order valence-electron chi connectivity index (χ4n) is 2.46. The van der Waals surface area contributed by atoms with Gasteiger partial charge in [-0.1, -0.05) is 0 Å². The molecule has 2 N–H and O–H groups in total. The van der Waals surface area contributed by atoms with Crippen LogP contribution in [0.15, 0.2) is 58.6 Å². The highest BCUT2D eigenvalue weighted by Crippen LogP contribution is 2.25. The van der Waals surface area contributed by atoms with Gasteiger partial charge in [-0.15, -0.1) is 0 Å². The predicted molar refractivity (Wildman–Crippen MR) is 92.9 cm³/mol. The van der Waals surface area contributed by atoms with Gasteiger partial charge in [0.25, 0.3) is 0 Å².